The molecule has 0 amide bonds. The summed E-state index contributed by atoms with van der Waals surface area (Å²) in [5.74, 6) is 1.83. The van der Waals surface area contributed by atoms with Crippen molar-refractivity contribution in [1.29, 1.82) is 5.26 Å². The molecule has 2 aliphatic carbocycles. The Kier molecular flexibility index (Phi) is 3.75. The number of nitrogens with one attached hydrogen (secondary N) is 1. The van der Waals surface area contributed by atoms with Crippen molar-refractivity contribution in [2.45, 2.75) is 51.1 Å². The van der Waals surface area contributed by atoms with Crippen molar-refractivity contribution in [2.24, 2.45) is 11.8 Å². The minimum absolute atomic E-state index is 0.329. The van der Waals surface area contributed by atoms with Crippen LogP contribution in [0.25, 0.3) is 0 Å². The maximum absolute atomic E-state index is 9.28. The zero-order chi connectivity index (χ0) is 12.5. The molecule has 17 heavy (non-hydrogen) atoms. The van der Waals surface area contributed by atoms with Gasteiger partial charge in [0.1, 0.15) is 5.54 Å². The lowest BCUT2D eigenvalue weighted by Crippen LogP contribution is -2.44. The predicted octanol–water partition coefficient (Wildman–Crippen LogP) is 2.00. The first-order chi connectivity index (χ1) is 8.02. The number of nitrogens with zero attached hydrogens (tertiary/aromatic N) is 2. The molecule has 0 spiro atoms. The summed E-state index contributed by atoms with van der Waals surface area (Å²) in [5.41, 5.74) is -0.329. The highest BCUT2D eigenvalue weighted by atomic mass is 15.1. The van der Waals surface area contributed by atoms with Crippen LogP contribution in [0.1, 0.15) is 39.5 Å². The van der Waals surface area contributed by atoms with Gasteiger partial charge in [-0.05, 0) is 51.5 Å². The summed E-state index contributed by atoms with van der Waals surface area (Å²) in [6.07, 6.45) is 4.80. The fourth-order valence-corrected chi connectivity index (χ4v) is 2.40. The quantitative estimate of drug-likeness (QED) is 0.733. The Morgan fingerprint density at radius 2 is 2.12 bits per heavy atom. The van der Waals surface area contributed by atoms with Crippen molar-refractivity contribution in [3.8, 4) is 6.07 Å². The van der Waals surface area contributed by atoms with Crippen LogP contribution in [-0.4, -0.2) is 36.6 Å². The van der Waals surface area contributed by atoms with Gasteiger partial charge in [-0.25, -0.2) is 0 Å². The molecule has 0 heterocycles. The molecule has 0 aromatic carbocycles. The van der Waals surface area contributed by atoms with E-state index >= 15 is 0 Å². The Morgan fingerprint density at radius 1 is 1.47 bits per heavy atom. The molecule has 1 N–H and O–H groups in total. The second kappa shape index (κ2) is 4.96. The number of rotatable bonds is 7. The maximum atomic E-state index is 9.28. The molecule has 0 saturated heterocycles. The van der Waals surface area contributed by atoms with Gasteiger partial charge in [-0.3, -0.25) is 5.32 Å². The SMILES string of the molecule is CC1CC1CN(C)CCC(C)(C#N)NC1CC1. The van der Waals surface area contributed by atoms with Crippen LogP contribution in [0.3, 0.4) is 0 Å². The van der Waals surface area contributed by atoms with Crippen LogP contribution in [0.5, 0.6) is 0 Å². The van der Waals surface area contributed by atoms with Crippen LogP contribution in [0.4, 0.5) is 0 Å². The Hall–Kier alpha value is -0.590. The molecule has 0 aliphatic heterocycles. The van der Waals surface area contributed by atoms with E-state index in [1.165, 1.54) is 25.8 Å². The minimum atomic E-state index is -0.329. The molecule has 0 aromatic heterocycles. The van der Waals surface area contributed by atoms with E-state index in [1.54, 1.807) is 0 Å². The molecule has 3 heteroatoms. The van der Waals surface area contributed by atoms with E-state index in [2.05, 4.69) is 30.3 Å². The van der Waals surface area contributed by atoms with Crippen molar-refractivity contribution in [2.75, 3.05) is 20.1 Å². The second-order valence-electron chi connectivity index (χ2n) is 6.35. The fourth-order valence-electron chi connectivity index (χ4n) is 2.40. The normalized spacial score (nSPS) is 31.0. The lowest BCUT2D eigenvalue weighted by Gasteiger charge is -2.26. The summed E-state index contributed by atoms with van der Waals surface area (Å²) in [7, 11) is 2.18. The number of hydrogen-bond acceptors (Lipinski definition) is 3. The first-order valence-electron chi connectivity index (χ1n) is 6.90. The lowest BCUT2D eigenvalue weighted by atomic mass is 9.99. The van der Waals surface area contributed by atoms with E-state index in [1.807, 2.05) is 6.92 Å². The van der Waals surface area contributed by atoms with E-state index < -0.39 is 0 Å². The lowest BCUT2D eigenvalue weighted by molar-refractivity contribution is 0.275. The largest absolute Gasteiger partial charge is 0.306 e. The number of nitriles is 1. The zero-order valence-corrected chi connectivity index (χ0v) is 11.4. The van der Waals surface area contributed by atoms with E-state index in [0.29, 0.717) is 6.04 Å². The van der Waals surface area contributed by atoms with Gasteiger partial charge in [0.15, 0.2) is 0 Å². The van der Waals surface area contributed by atoms with Crippen molar-refractivity contribution in [3.63, 3.8) is 0 Å². The summed E-state index contributed by atoms with van der Waals surface area (Å²) in [5, 5.41) is 12.7. The van der Waals surface area contributed by atoms with Gasteiger partial charge in [0, 0.05) is 19.1 Å². The molecule has 3 atom stereocenters. The van der Waals surface area contributed by atoms with E-state index in [4.69, 9.17) is 0 Å². The smallest absolute Gasteiger partial charge is 0.105 e. The second-order valence-corrected chi connectivity index (χ2v) is 6.35. The number of hydrogen-bond donors (Lipinski definition) is 1. The molecule has 2 aliphatic rings. The summed E-state index contributed by atoms with van der Waals surface area (Å²) in [6, 6.07) is 3.05. The van der Waals surface area contributed by atoms with Crippen LogP contribution < -0.4 is 5.32 Å². The predicted molar refractivity (Wildman–Crippen MR) is 69.6 cm³/mol. The zero-order valence-electron chi connectivity index (χ0n) is 11.4. The average Bonchev–Trinajstić information content (AvgIpc) is 3.18. The maximum Gasteiger partial charge on any atom is 0.105 e. The molecular formula is C14H25N3. The Labute approximate surface area is 105 Å². The highest BCUT2D eigenvalue weighted by molar-refractivity contribution is 5.07. The Balaban J connectivity index is 1.69. The van der Waals surface area contributed by atoms with Crippen molar-refractivity contribution in [3.05, 3.63) is 0 Å². The van der Waals surface area contributed by atoms with Gasteiger partial charge in [-0.15, -0.1) is 0 Å². The molecule has 96 valence electrons. The first-order valence-corrected chi connectivity index (χ1v) is 6.90. The molecule has 0 radical (unpaired) electrons. The highest BCUT2D eigenvalue weighted by Crippen LogP contribution is 2.38. The molecule has 2 rings (SSSR count). The van der Waals surface area contributed by atoms with Gasteiger partial charge in [0.05, 0.1) is 6.07 Å². The van der Waals surface area contributed by atoms with Crippen molar-refractivity contribution < 1.29 is 0 Å². The molecule has 2 saturated carbocycles. The molecular weight excluding hydrogens is 210 g/mol. The summed E-state index contributed by atoms with van der Waals surface area (Å²) in [6.45, 7) is 6.59. The van der Waals surface area contributed by atoms with Gasteiger partial charge in [-0.1, -0.05) is 6.92 Å². The third kappa shape index (κ3) is 3.97. The molecule has 0 aromatic rings. The average molecular weight is 235 g/mol. The monoisotopic (exact) mass is 235 g/mol. The van der Waals surface area contributed by atoms with Crippen LogP contribution in [0, 0.1) is 23.2 Å². The standard InChI is InChI=1S/C14H25N3/c1-11-8-12(11)9-17(3)7-6-14(2,10-15)16-13-4-5-13/h11-13,16H,4-9H2,1-3H3. The topological polar surface area (TPSA) is 39.1 Å². The third-order valence-corrected chi connectivity index (χ3v) is 4.16. The summed E-state index contributed by atoms with van der Waals surface area (Å²) in [4.78, 5) is 2.39. The van der Waals surface area contributed by atoms with Gasteiger partial charge in [-0.2, -0.15) is 5.26 Å². The van der Waals surface area contributed by atoms with Gasteiger partial charge >= 0.3 is 0 Å². The molecule has 2 fully saturated rings. The van der Waals surface area contributed by atoms with Crippen molar-refractivity contribution in [1.82, 2.24) is 10.2 Å². The van der Waals surface area contributed by atoms with Crippen LogP contribution in [-0.2, 0) is 0 Å². The summed E-state index contributed by atoms with van der Waals surface area (Å²) < 4.78 is 0. The molecule has 0 bridgehead atoms. The highest BCUT2D eigenvalue weighted by Gasteiger charge is 2.35. The van der Waals surface area contributed by atoms with Crippen molar-refractivity contribution >= 4 is 0 Å². The molecule has 3 nitrogen and oxygen atoms in total. The first kappa shape index (κ1) is 12.9. The molecule has 3 unspecified atom stereocenters. The summed E-state index contributed by atoms with van der Waals surface area (Å²) >= 11 is 0. The van der Waals surface area contributed by atoms with E-state index in [9.17, 15) is 5.26 Å². The van der Waals surface area contributed by atoms with Crippen LogP contribution >= 0.6 is 0 Å². The minimum Gasteiger partial charge on any atom is -0.306 e. The fraction of sp³-hybridized carbons (Fsp3) is 0.929. The Bertz CT molecular complexity index is 305. The van der Waals surface area contributed by atoms with E-state index in [-0.39, 0.29) is 5.54 Å². The van der Waals surface area contributed by atoms with Gasteiger partial charge < -0.3 is 4.90 Å². The Morgan fingerprint density at radius 3 is 2.59 bits per heavy atom. The van der Waals surface area contributed by atoms with Gasteiger partial charge in [0.25, 0.3) is 0 Å². The van der Waals surface area contributed by atoms with Crippen LogP contribution in [0.2, 0.25) is 0 Å². The third-order valence-electron chi connectivity index (χ3n) is 4.16. The van der Waals surface area contributed by atoms with Crippen LogP contribution in [0.15, 0.2) is 0 Å². The van der Waals surface area contributed by atoms with Gasteiger partial charge in [0.2, 0.25) is 0 Å². The van der Waals surface area contributed by atoms with E-state index in [0.717, 1.165) is 24.8 Å².